The molecule has 58 valence electrons. The van der Waals surface area contributed by atoms with E-state index < -0.39 is 0 Å². The van der Waals surface area contributed by atoms with Gasteiger partial charge in [-0.15, -0.1) is 0 Å². The Morgan fingerprint density at radius 1 is 1.60 bits per heavy atom. The molecule has 0 bridgehead atoms. The quantitative estimate of drug-likeness (QED) is 0.426. The van der Waals surface area contributed by atoms with Gasteiger partial charge in [-0.2, -0.15) is 0 Å². The maximum absolute atomic E-state index is 5.08. The summed E-state index contributed by atoms with van der Waals surface area (Å²) < 4.78 is 10.2. The number of hydrogen-bond acceptors (Lipinski definition) is 4. The molecule has 0 unspecified atom stereocenters. The van der Waals surface area contributed by atoms with Crippen molar-refractivity contribution in [1.82, 2.24) is 0 Å². The smallest absolute Gasteiger partial charge is 0.194 e. The Hall–Kier alpha value is -0.610. The molecule has 1 aliphatic heterocycles. The molecule has 0 saturated carbocycles. The molecule has 0 radical (unpaired) electrons. The second-order valence-corrected chi connectivity index (χ2v) is 1.83. The zero-order valence-electron chi connectivity index (χ0n) is 5.95. The Morgan fingerprint density at radius 3 is 2.90 bits per heavy atom. The molecule has 0 aromatic heterocycles. The maximum atomic E-state index is 5.08. The van der Waals surface area contributed by atoms with E-state index in [-0.39, 0.29) is 6.29 Å². The lowest BCUT2D eigenvalue weighted by molar-refractivity contribution is -0.0932. The molecule has 0 amide bonds. The average molecular weight is 145 g/mol. The van der Waals surface area contributed by atoms with Gasteiger partial charge in [0.2, 0.25) is 0 Å². The van der Waals surface area contributed by atoms with Crippen molar-refractivity contribution in [3.63, 3.8) is 0 Å². The zero-order valence-corrected chi connectivity index (χ0v) is 5.95. The maximum Gasteiger partial charge on any atom is 0.194 e. The van der Waals surface area contributed by atoms with Crippen molar-refractivity contribution in [3.05, 3.63) is 0 Å². The van der Waals surface area contributed by atoms with Crippen LogP contribution >= 0.6 is 0 Å². The highest BCUT2D eigenvalue weighted by Crippen LogP contribution is 2.03. The van der Waals surface area contributed by atoms with Crippen LogP contribution in [0.2, 0.25) is 0 Å². The van der Waals surface area contributed by atoms with Crippen LogP contribution in [0.1, 0.15) is 6.92 Å². The Kier molecular flexibility index (Phi) is 3.18. The van der Waals surface area contributed by atoms with Gasteiger partial charge in [0.15, 0.2) is 12.9 Å². The summed E-state index contributed by atoms with van der Waals surface area (Å²) in [4.78, 5) is 4.79. The van der Waals surface area contributed by atoms with Gasteiger partial charge in [-0.25, -0.2) is 0 Å². The van der Waals surface area contributed by atoms with Crippen molar-refractivity contribution >= 4 is 6.21 Å². The number of nitrogens with zero attached hydrogens (tertiary/aromatic N) is 1. The Balaban J connectivity index is 2.01. The van der Waals surface area contributed by atoms with E-state index in [1.54, 1.807) is 13.1 Å². The lowest BCUT2D eigenvalue weighted by Gasteiger charge is -2.05. The van der Waals surface area contributed by atoms with Crippen molar-refractivity contribution in [3.8, 4) is 0 Å². The Morgan fingerprint density at radius 2 is 2.30 bits per heavy atom. The monoisotopic (exact) mass is 145 g/mol. The summed E-state index contributed by atoms with van der Waals surface area (Å²) in [6.45, 7) is 3.48. The first kappa shape index (κ1) is 7.50. The standard InChI is InChI=1S/C6H11NO3/c1-2-7-10-5-6-8-3-4-9-6/h2,6H,3-5H2,1H3/b7-2+. The van der Waals surface area contributed by atoms with Gasteiger partial charge in [-0.3, -0.25) is 0 Å². The minimum absolute atomic E-state index is 0.219. The second kappa shape index (κ2) is 4.24. The molecule has 0 spiro atoms. The molecule has 1 saturated heterocycles. The minimum atomic E-state index is -0.219. The molecule has 1 rings (SSSR count). The highest BCUT2D eigenvalue weighted by molar-refractivity contribution is 5.52. The second-order valence-electron chi connectivity index (χ2n) is 1.83. The van der Waals surface area contributed by atoms with Crippen LogP contribution in [0, 0.1) is 0 Å². The highest BCUT2D eigenvalue weighted by Gasteiger charge is 2.15. The van der Waals surface area contributed by atoms with Gasteiger partial charge in [0.05, 0.1) is 13.2 Å². The molecule has 0 atom stereocenters. The molecule has 4 nitrogen and oxygen atoms in total. The number of ether oxygens (including phenoxy) is 2. The summed E-state index contributed by atoms with van der Waals surface area (Å²) in [5.41, 5.74) is 0. The van der Waals surface area contributed by atoms with Crippen LogP contribution < -0.4 is 0 Å². The molecular weight excluding hydrogens is 134 g/mol. The van der Waals surface area contributed by atoms with Crippen LogP contribution in [0.5, 0.6) is 0 Å². The van der Waals surface area contributed by atoms with Gasteiger partial charge in [-0.05, 0) is 6.92 Å². The van der Waals surface area contributed by atoms with Gasteiger partial charge in [0, 0.05) is 6.21 Å². The SMILES string of the molecule is C/C=N/OCC1OCCO1. The number of hydrogen-bond donors (Lipinski definition) is 0. The molecule has 0 N–H and O–H groups in total. The van der Waals surface area contributed by atoms with E-state index in [9.17, 15) is 0 Å². The highest BCUT2D eigenvalue weighted by atomic mass is 16.7. The van der Waals surface area contributed by atoms with Gasteiger partial charge >= 0.3 is 0 Å². The van der Waals surface area contributed by atoms with Gasteiger partial charge in [0.25, 0.3) is 0 Å². The van der Waals surface area contributed by atoms with Gasteiger partial charge in [-0.1, -0.05) is 5.16 Å². The van der Waals surface area contributed by atoms with E-state index in [1.165, 1.54) is 0 Å². The van der Waals surface area contributed by atoms with E-state index >= 15 is 0 Å². The van der Waals surface area contributed by atoms with E-state index in [0.29, 0.717) is 19.8 Å². The number of oxime groups is 1. The molecule has 1 fully saturated rings. The first-order chi connectivity index (χ1) is 4.93. The van der Waals surface area contributed by atoms with E-state index in [2.05, 4.69) is 5.16 Å². The predicted molar refractivity (Wildman–Crippen MR) is 35.8 cm³/mol. The molecular formula is C6H11NO3. The topological polar surface area (TPSA) is 40.0 Å². The third kappa shape index (κ3) is 2.33. The lowest BCUT2D eigenvalue weighted by Crippen LogP contribution is -2.14. The summed E-state index contributed by atoms with van der Waals surface area (Å²) in [7, 11) is 0. The Labute approximate surface area is 59.7 Å². The van der Waals surface area contributed by atoms with Crippen molar-refractivity contribution in [2.75, 3.05) is 19.8 Å². The molecule has 0 aromatic carbocycles. The van der Waals surface area contributed by atoms with Crippen LogP contribution in [-0.4, -0.2) is 32.3 Å². The van der Waals surface area contributed by atoms with Crippen molar-refractivity contribution in [2.24, 2.45) is 5.16 Å². The summed E-state index contributed by atoms with van der Waals surface area (Å²) in [6, 6.07) is 0. The first-order valence-corrected chi connectivity index (χ1v) is 3.26. The third-order valence-corrected chi connectivity index (χ3v) is 1.08. The van der Waals surface area contributed by atoms with Crippen LogP contribution in [-0.2, 0) is 14.3 Å². The van der Waals surface area contributed by atoms with Crippen molar-refractivity contribution in [1.29, 1.82) is 0 Å². The van der Waals surface area contributed by atoms with E-state index in [1.807, 2.05) is 0 Å². The zero-order chi connectivity index (χ0) is 7.23. The van der Waals surface area contributed by atoms with Crippen LogP contribution in [0.4, 0.5) is 0 Å². The fourth-order valence-corrected chi connectivity index (χ4v) is 0.682. The van der Waals surface area contributed by atoms with Gasteiger partial charge in [0.1, 0.15) is 0 Å². The van der Waals surface area contributed by atoms with Crippen LogP contribution in [0.3, 0.4) is 0 Å². The molecule has 1 heterocycles. The summed E-state index contributed by atoms with van der Waals surface area (Å²) in [6.07, 6.45) is 1.36. The molecule has 0 aromatic rings. The Bertz CT molecular complexity index is 110. The summed E-state index contributed by atoms with van der Waals surface area (Å²) in [5.74, 6) is 0. The summed E-state index contributed by atoms with van der Waals surface area (Å²) >= 11 is 0. The fraction of sp³-hybridized carbons (Fsp3) is 0.833. The number of rotatable bonds is 3. The molecule has 0 aliphatic carbocycles. The summed E-state index contributed by atoms with van der Waals surface area (Å²) in [5, 5.41) is 3.55. The third-order valence-electron chi connectivity index (χ3n) is 1.08. The van der Waals surface area contributed by atoms with Crippen molar-refractivity contribution in [2.45, 2.75) is 13.2 Å². The predicted octanol–water partition coefficient (Wildman–Crippen LogP) is 0.382. The normalized spacial score (nSPS) is 20.5. The minimum Gasteiger partial charge on any atom is -0.391 e. The van der Waals surface area contributed by atoms with E-state index in [0.717, 1.165) is 0 Å². The average Bonchev–Trinajstić information content (AvgIpc) is 2.41. The van der Waals surface area contributed by atoms with E-state index in [4.69, 9.17) is 14.3 Å². The molecule has 4 heteroatoms. The lowest BCUT2D eigenvalue weighted by atomic mass is 10.7. The fourth-order valence-electron chi connectivity index (χ4n) is 0.682. The van der Waals surface area contributed by atoms with Gasteiger partial charge < -0.3 is 14.3 Å². The van der Waals surface area contributed by atoms with Crippen molar-refractivity contribution < 1.29 is 14.3 Å². The first-order valence-electron chi connectivity index (χ1n) is 3.26. The molecule has 10 heavy (non-hydrogen) atoms. The molecule has 1 aliphatic rings. The van der Waals surface area contributed by atoms with Crippen LogP contribution in [0.25, 0.3) is 0 Å². The largest absolute Gasteiger partial charge is 0.391 e. The van der Waals surface area contributed by atoms with Crippen LogP contribution in [0.15, 0.2) is 5.16 Å².